The summed E-state index contributed by atoms with van der Waals surface area (Å²) in [5.74, 6) is 1.14. The first-order chi connectivity index (χ1) is 9.19. The lowest BCUT2D eigenvalue weighted by Gasteiger charge is -2.07. The molecule has 0 fully saturated rings. The summed E-state index contributed by atoms with van der Waals surface area (Å²) in [6.45, 7) is 3.80. The Morgan fingerprint density at radius 2 is 2.00 bits per heavy atom. The van der Waals surface area contributed by atoms with Gasteiger partial charge in [0.15, 0.2) is 0 Å². The number of nitrogens with zero attached hydrogens (tertiary/aromatic N) is 1. The van der Waals surface area contributed by atoms with Crippen LogP contribution < -0.4 is 10.1 Å². The van der Waals surface area contributed by atoms with Crippen molar-refractivity contribution in [3.05, 3.63) is 52.1 Å². The maximum Gasteiger partial charge on any atom is 0.219 e. The van der Waals surface area contributed by atoms with Crippen molar-refractivity contribution in [3.8, 4) is 11.6 Å². The van der Waals surface area contributed by atoms with Crippen molar-refractivity contribution in [2.45, 2.75) is 13.5 Å². The molecule has 3 nitrogen and oxygen atoms in total. The minimum atomic E-state index is 0.461. The van der Waals surface area contributed by atoms with Gasteiger partial charge in [0.2, 0.25) is 5.88 Å². The third-order valence-electron chi connectivity index (χ3n) is 2.49. The fraction of sp³-hybridized carbons (Fsp3) is 0.214. The van der Waals surface area contributed by atoms with E-state index < -0.39 is 0 Å². The molecule has 0 bridgehead atoms. The highest BCUT2D eigenvalue weighted by Gasteiger charge is 2.03. The van der Waals surface area contributed by atoms with Crippen LogP contribution in [-0.2, 0) is 6.54 Å². The van der Waals surface area contributed by atoms with Gasteiger partial charge in [-0.15, -0.1) is 0 Å². The van der Waals surface area contributed by atoms with Crippen LogP contribution in [0.25, 0.3) is 0 Å². The van der Waals surface area contributed by atoms with Crippen molar-refractivity contribution in [2.24, 2.45) is 0 Å². The predicted molar refractivity (Wildman–Crippen MR) is 78.2 cm³/mol. The Balaban J connectivity index is 2.04. The number of pyridine rings is 1. The molecule has 2 aromatic rings. The molecule has 2 rings (SSSR count). The van der Waals surface area contributed by atoms with Crippen LogP contribution in [0.15, 0.2) is 36.5 Å². The van der Waals surface area contributed by atoms with Crippen LogP contribution in [0.4, 0.5) is 0 Å². The highest BCUT2D eigenvalue weighted by atomic mass is 35.5. The van der Waals surface area contributed by atoms with Crippen molar-refractivity contribution in [1.29, 1.82) is 0 Å². The number of nitrogens with one attached hydrogen (secondary N) is 1. The van der Waals surface area contributed by atoms with Gasteiger partial charge in [-0.2, -0.15) is 0 Å². The van der Waals surface area contributed by atoms with E-state index in [1.165, 1.54) is 0 Å². The third-order valence-corrected chi connectivity index (χ3v) is 3.23. The van der Waals surface area contributed by atoms with E-state index in [1.807, 2.05) is 12.1 Å². The van der Waals surface area contributed by atoms with E-state index in [0.717, 1.165) is 18.7 Å². The first-order valence-electron chi connectivity index (χ1n) is 5.97. The number of benzene rings is 1. The molecule has 1 aromatic carbocycles. The molecule has 1 N–H and O–H groups in total. The highest BCUT2D eigenvalue weighted by Crippen LogP contribution is 2.28. The maximum absolute atomic E-state index is 5.92. The molecule has 0 radical (unpaired) electrons. The topological polar surface area (TPSA) is 34.1 Å². The Kier molecular flexibility index (Phi) is 5.02. The Morgan fingerprint density at radius 3 is 2.63 bits per heavy atom. The molecule has 0 amide bonds. The molecule has 0 aliphatic carbocycles. The quantitative estimate of drug-likeness (QED) is 0.894. The Labute approximate surface area is 122 Å². The normalized spacial score (nSPS) is 10.5. The largest absolute Gasteiger partial charge is 0.439 e. The van der Waals surface area contributed by atoms with E-state index in [2.05, 4.69) is 17.2 Å². The summed E-state index contributed by atoms with van der Waals surface area (Å²) < 4.78 is 5.60. The lowest BCUT2D eigenvalue weighted by atomic mass is 10.3. The lowest BCUT2D eigenvalue weighted by Crippen LogP contribution is -2.11. The number of rotatable bonds is 5. The monoisotopic (exact) mass is 296 g/mol. The molecule has 0 saturated carbocycles. The van der Waals surface area contributed by atoms with Gasteiger partial charge in [0.1, 0.15) is 5.75 Å². The van der Waals surface area contributed by atoms with Crippen LogP contribution in [-0.4, -0.2) is 11.5 Å². The fourth-order valence-electron chi connectivity index (χ4n) is 1.51. The number of hydrogen-bond acceptors (Lipinski definition) is 3. The standard InChI is InChI=1S/C14H14Cl2N2O/c1-2-17-8-10-3-6-14(18-9-10)19-11-4-5-12(15)13(16)7-11/h3-7,9,17H,2,8H2,1H3. The van der Waals surface area contributed by atoms with Crippen LogP contribution in [0, 0.1) is 0 Å². The summed E-state index contributed by atoms with van der Waals surface area (Å²) >= 11 is 11.8. The number of ether oxygens (including phenoxy) is 1. The molecule has 1 aromatic heterocycles. The average molecular weight is 297 g/mol. The predicted octanol–water partition coefficient (Wildman–Crippen LogP) is 4.29. The van der Waals surface area contributed by atoms with E-state index in [4.69, 9.17) is 27.9 Å². The molecule has 0 aliphatic heterocycles. The van der Waals surface area contributed by atoms with Crippen molar-refractivity contribution in [2.75, 3.05) is 6.54 Å². The van der Waals surface area contributed by atoms with E-state index in [0.29, 0.717) is 21.7 Å². The van der Waals surface area contributed by atoms with E-state index in [1.54, 1.807) is 24.4 Å². The van der Waals surface area contributed by atoms with Gasteiger partial charge >= 0.3 is 0 Å². The minimum Gasteiger partial charge on any atom is -0.439 e. The summed E-state index contributed by atoms with van der Waals surface area (Å²) in [5, 5.41) is 4.20. The van der Waals surface area contributed by atoms with Gasteiger partial charge in [-0.25, -0.2) is 4.98 Å². The number of aromatic nitrogens is 1. The highest BCUT2D eigenvalue weighted by molar-refractivity contribution is 6.42. The molecule has 0 aliphatic rings. The minimum absolute atomic E-state index is 0.461. The molecule has 0 saturated heterocycles. The first kappa shape index (κ1) is 14.1. The smallest absolute Gasteiger partial charge is 0.219 e. The molecule has 100 valence electrons. The third kappa shape index (κ3) is 4.10. The van der Waals surface area contributed by atoms with Gasteiger partial charge in [0, 0.05) is 24.9 Å². The van der Waals surface area contributed by atoms with Gasteiger partial charge in [0.05, 0.1) is 10.0 Å². The van der Waals surface area contributed by atoms with Crippen LogP contribution in [0.1, 0.15) is 12.5 Å². The lowest BCUT2D eigenvalue weighted by molar-refractivity contribution is 0.462. The molecule has 0 spiro atoms. The summed E-state index contributed by atoms with van der Waals surface area (Å²) in [6, 6.07) is 8.91. The zero-order chi connectivity index (χ0) is 13.7. The Hall–Kier alpha value is -1.29. The van der Waals surface area contributed by atoms with Gasteiger partial charge in [-0.3, -0.25) is 0 Å². The Morgan fingerprint density at radius 1 is 1.16 bits per heavy atom. The van der Waals surface area contributed by atoms with Gasteiger partial charge in [0.25, 0.3) is 0 Å². The van der Waals surface area contributed by atoms with Crippen LogP contribution in [0.2, 0.25) is 10.0 Å². The van der Waals surface area contributed by atoms with Gasteiger partial charge in [-0.05, 0) is 24.2 Å². The number of halogens is 2. The van der Waals surface area contributed by atoms with Crippen molar-refractivity contribution in [3.63, 3.8) is 0 Å². The fourth-order valence-corrected chi connectivity index (χ4v) is 1.79. The van der Waals surface area contributed by atoms with Crippen LogP contribution in [0.3, 0.4) is 0 Å². The molecule has 5 heteroatoms. The summed E-state index contributed by atoms with van der Waals surface area (Å²) in [5.41, 5.74) is 1.11. The second-order valence-corrected chi connectivity index (χ2v) is 4.78. The van der Waals surface area contributed by atoms with E-state index in [9.17, 15) is 0 Å². The van der Waals surface area contributed by atoms with Gasteiger partial charge < -0.3 is 10.1 Å². The zero-order valence-electron chi connectivity index (χ0n) is 10.5. The SMILES string of the molecule is CCNCc1ccc(Oc2ccc(Cl)c(Cl)c2)nc1. The van der Waals surface area contributed by atoms with Crippen LogP contribution >= 0.6 is 23.2 Å². The first-order valence-corrected chi connectivity index (χ1v) is 6.73. The molecule has 1 heterocycles. The second-order valence-electron chi connectivity index (χ2n) is 3.96. The van der Waals surface area contributed by atoms with E-state index in [-0.39, 0.29) is 0 Å². The molecule has 0 unspecified atom stereocenters. The van der Waals surface area contributed by atoms with Crippen molar-refractivity contribution in [1.82, 2.24) is 10.3 Å². The molecule has 19 heavy (non-hydrogen) atoms. The molecular weight excluding hydrogens is 283 g/mol. The molecular formula is C14H14Cl2N2O. The van der Waals surface area contributed by atoms with Gasteiger partial charge in [-0.1, -0.05) is 36.2 Å². The summed E-state index contributed by atoms with van der Waals surface area (Å²) in [6.07, 6.45) is 1.79. The number of hydrogen-bond donors (Lipinski definition) is 1. The second kappa shape index (κ2) is 6.75. The van der Waals surface area contributed by atoms with Crippen molar-refractivity contribution < 1.29 is 4.74 Å². The average Bonchev–Trinajstić information content (AvgIpc) is 2.42. The van der Waals surface area contributed by atoms with Crippen molar-refractivity contribution >= 4 is 23.2 Å². The Bertz CT molecular complexity index is 544. The molecule has 0 atom stereocenters. The van der Waals surface area contributed by atoms with E-state index >= 15 is 0 Å². The summed E-state index contributed by atoms with van der Waals surface area (Å²) in [4.78, 5) is 4.24. The van der Waals surface area contributed by atoms with Crippen LogP contribution in [0.5, 0.6) is 11.6 Å². The maximum atomic E-state index is 5.92. The summed E-state index contributed by atoms with van der Waals surface area (Å²) in [7, 11) is 0. The zero-order valence-corrected chi connectivity index (χ0v) is 12.0.